The number of hydrogen-bond donors (Lipinski definition) is 2. The summed E-state index contributed by atoms with van der Waals surface area (Å²) in [5, 5.41) is 0. The Morgan fingerprint density at radius 2 is 1.95 bits per heavy atom. The molecule has 1 saturated carbocycles. The highest BCUT2D eigenvalue weighted by Crippen LogP contribution is 2.37. The lowest BCUT2D eigenvalue weighted by Gasteiger charge is -2.27. The van der Waals surface area contributed by atoms with Gasteiger partial charge in [-0.05, 0) is 54.0 Å². The van der Waals surface area contributed by atoms with Crippen LogP contribution in [-0.2, 0) is 6.42 Å². The molecule has 0 spiro atoms. The lowest BCUT2D eigenvalue weighted by atomic mass is 9.79. The van der Waals surface area contributed by atoms with Gasteiger partial charge in [0.2, 0.25) is 0 Å². The first-order chi connectivity index (χ1) is 10.3. The highest BCUT2D eigenvalue weighted by Gasteiger charge is 2.20. The first-order valence-corrected chi connectivity index (χ1v) is 7.56. The number of nitrogens with one attached hydrogen (secondary N) is 1. The summed E-state index contributed by atoms with van der Waals surface area (Å²) < 4.78 is 13.3. The average molecular weight is 284 g/mol. The van der Waals surface area contributed by atoms with Crippen LogP contribution in [0.1, 0.15) is 47.9 Å². The second-order valence-corrected chi connectivity index (χ2v) is 5.85. The standard InChI is InChI=1S/C18H21FN2/c19-17-9-1-4-13(10-17)11-18(21-20)16-8-3-7-15(12-16)14-5-2-6-14/h1,3-4,7-10,12,14,18,21H,2,5-6,11,20H2. The quantitative estimate of drug-likeness (QED) is 0.646. The molecule has 0 heterocycles. The fourth-order valence-electron chi connectivity index (χ4n) is 2.94. The van der Waals surface area contributed by atoms with Crippen LogP contribution in [0.4, 0.5) is 4.39 Å². The molecule has 3 rings (SSSR count). The van der Waals surface area contributed by atoms with Crippen LogP contribution < -0.4 is 11.3 Å². The monoisotopic (exact) mass is 284 g/mol. The summed E-state index contributed by atoms with van der Waals surface area (Å²) in [6, 6.07) is 15.3. The minimum absolute atomic E-state index is 0.00632. The van der Waals surface area contributed by atoms with Crippen LogP contribution in [0, 0.1) is 5.82 Å². The van der Waals surface area contributed by atoms with Crippen LogP contribution >= 0.6 is 0 Å². The molecular formula is C18H21FN2. The van der Waals surface area contributed by atoms with Crippen molar-refractivity contribution in [3.63, 3.8) is 0 Å². The fourth-order valence-corrected chi connectivity index (χ4v) is 2.94. The third-order valence-electron chi connectivity index (χ3n) is 4.42. The first-order valence-electron chi connectivity index (χ1n) is 7.56. The van der Waals surface area contributed by atoms with Crippen LogP contribution in [0.3, 0.4) is 0 Å². The summed E-state index contributed by atoms with van der Waals surface area (Å²) in [5.74, 6) is 6.22. The molecule has 1 unspecified atom stereocenters. The van der Waals surface area contributed by atoms with Crippen LogP contribution in [-0.4, -0.2) is 0 Å². The van der Waals surface area contributed by atoms with Gasteiger partial charge in [-0.15, -0.1) is 0 Å². The van der Waals surface area contributed by atoms with Gasteiger partial charge in [0.25, 0.3) is 0 Å². The molecule has 1 atom stereocenters. The molecule has 0 radical (unpaired) electrons. The zero-order valence-electron chi connectivity index (χ0n) is 12.1. The lowest BCUT2D eigenvalue weighted by molar-refractivity contribution is 0.419. The molecule has 0 amide bonds. The largest absolute Gasteiger partial charge is 0.271 e. The Balaban J connectivity index is 1.79. The molecule has 21 heavy (non-hydrogen) atoms. The summed E-state index contributed by atoms with van der Waals surface area (Å²) in [5.41, 5.74) is 6.39. The summed E-state index contributed by atoms with van der Waals surface area (Å²) in [4.78, 5) is 0. The number of hydrazine groups is 1. The van der Waals surface area contributed by atoms with E-state index >= 15 is 0 Å². The molecule has 2 aromatic rings. The van der Waals surface area contributed by atoms with Crippen LogP contribution in [0.15, 0.2) is 48.5 Å². The topological polar surface area (TPSA) is 38.0 Å². The molecular weight excluding hydrogens is 263 g/mol. The summed E-state index contributed by atoms with van der Waals surface area (Å²) >= 11 is 0. The minimum atomic E-state index is -0.202. The van der Waals surface area contributed by atoms with Crippen molar-refractivity contribution in [2.75, 3.05) is 0 Å². The molecule has 110 valence electrons. The van der Waals surface area contributed by atoms with Gasteiger partial charge in [-0.1, -0.05) is 42.8 Å². The van der Waals surface area contributed by atoms with E-state index in [1.807, 2.05) is 6.07 Å². The van der Waals surface area contributed by atoms with Gasteiger partial charge in [0, 0.05) is 6.04 Å². The van der Waals surface area contributed by atoms with Crippen molar-refractivity contribution in [3.8, 4) is 0 Å². The van der Waals surface area contributed by atoms with Gasteiger partial charge in [0.05, 0.1) is 0 Å². The minimum Gasteiger partial charge on any atom is -0.271 e. The maximum absolute atomic E-state index is 13.3. The molecule has 1 fully saturated rings. The maximum atomic E-state index is 13.3. The molecule has 2 aromatic carbocycles. The van der Waals surface area contributed by atoms with E-state index in [0.29, 0.717) is 12.3 Å². The fraction of sp³-hybridized carbons (Fsp3) is 0.333. The Bertz CT molecular complexity index is 608. The molecule has 0 aromatic heterocycles. The van der Waals surface area contributed by atoms with Crippen molar-refractivity contribution in [2.24, 2.45) is 5.84 Å². The zero-order chi connectivity index (χ0) is 14.7. The Morgan fingerprint density at radius 1 is 1.14 bits per heavy atom. The van der Waals surface area contributed by atoms with Gasteiger partial charge in [0.1, 0.15) is 5.82 Å². The smallest absolute Gasteiger partial charge is 0.123 e. The molecule has 2 nitrogen and oxygen atoms in total. The number of rotatable bonds is 5. The van der Waals surface area contributed by atoms with Crippen LogP contribution in [0.2, 0.25) is 0 Å². The Morgan fingerprint density at radius 3 is 2.62 bits per heavy atom. The molecule has 1 aliphatic rings. The van der Waals surface area contributed by atoms with Crippen molar-refractivity contribution in [3.05, 3.63) is 71.0 Å². The molecule has 3 N–H and O–H groups in total. The second kappa shape index (κ2) is 6.37. The van der Waals surface area contributed by atoms with E-state index in [0.717, 1.165) is 5.56 Å². The van der Waals surface area contributed by atoms with Crippen molar-refractivity contribution >= 4 is 0 Å². The molecule has 0 aliphatic heterocycles. The summed E-state index contributed by atoms with van der Waals surface area (Å²) in [7, 11) is 0. The normalized spacial score (nSPS) is 16.5. The lowest BCUT2D eigenvalue weighted by Crippen LogP contribution is -2.29. The predicted octanol–water partition coefficient (Wildman–Crippen LogP) is 3.84. The predicted molar refractivity (Wildman–Crippen MR) is 83.2 cm³/mol. The molecule has 0 bridgehead atoms. The van der Waals surface area contributed by atoms with Crippen LogP contribution in [0.5, 0.6) is 0 Å². The van der Waals surface area contributed by atoms with Gasteiger partial charge < -0.3 is 0 Å². The third kappa shape index (κ3) is 3.31. The van der Waals surface area contributed by atoms with E-state index in [9.17, 15) is 4.39 Å². The van der Waals surface area contributed by atoms with Gasteiger partial charge in [-0.2, -0.15) is 0 Å². The van der Waals surface area contributed by atoms with Gasteiger partial charge in [-0.25, -0.2) is 4.39 Å². The van der Waals surface area contributed by atoms with Gasteiger partial charge >= 0.3 is 0 Å². The van der Waals surface area contributed by atoms with Crippen molar-refractivity contribution in [1.29, 1.82) is 0 Å². The summed E-state index contributed by atoms with van der Waals surface area (Å²) in [6.07, 6.45) is 4.58. The van der Waals surface area contributed by atoms with E-state index in [2.05, 4.69) is 29.7 Å². The number of hydrogen-bond acceptors (Lipinski definition) is 2. The SMILES string of the molecule is NNC(Cc1cccc(F)c1)c1cccc(C2CCC2)c1. The van der Waals surface area contributed by atoms with E-state index in [1.54, 1.807) is 12.1 Å². The molecule has 0 saturated heterocycles. The maximum Gasteiger partial charge on any atom is 0.123 e. The highest BCUT2D eigenvalue weighted by molar-refractivity contribution is 5.31. The van der Waals surface area contributed by atoms with E-state index in [4.69, 9.17) is 5.84 Å². The van der Waals surface area contributed by atoms with Crippen molar-refractivity contribution in [2.45, 2.75) is 37.6 Å². The highest BCUT2D eigenvalue weighted by atomic mass is 19.1. The van der Waals surface area contributed by atoms with E-state index < -0.39 is 0 Å². The van der Waals surface area contributed by atoms with Crippen LogP contribution in [0.25, 0.3) is 0 Å². The molecule has 1 aliphatic carbocycles. The average Bonchev–Trinajstić information content (AvgIpc) is 2.43. The zero-order valence-corrected chi connectivity index (χ0v) is 12.1. The first kappa shape index (κ1) is 14.2. The Kier molecular flexibility index (Phi) is 4.32. The number of halogens is 1. The summed E-state index contributed by atoms with van der Waals surface area (Å²) in [6.45, 7) is 0. The Hall–Kier alpha value is -1.71. The Labute approximate surface area is 125 Å². The molecule has 3 heteroatoms. The second-order valence-electron chi connectivity index (χ2n) is 5.85. The van der Waals surface area contributed by atoms with Gasteiger partial charge in [-0.3, -0.25) is 11.3 Å². The van der Waals surface area contributed by atoms with Gasteiger partial charge in [0.15, 0.2) is 0 Å². The van der Waals surface area contributed by atoms with E-state index in [1.165, 1.54) is 36.5 Å². The van der Waals surface area contributed by atoms with Crippen molar-refractivity contribution < 1.29 is 4.39 Å². The van der Waals surface area contributed by atoms with Crippen molar-refractivity contribution in [1.82, 2.24) is 5.43 Å². The number of nitrogens with two attached hydrogens (primary N) is 1. The number of benzene rings is 2. The van der Waals surface area contributed by atoms with E-state index in [-0.39, 0.29) is 11.9 Å². The third-order valence-corrected chi connectivity index (χ3v) is 4.42.